The van der Waals surface area contributed by atoms with Crippen molar-refractivity contribution in [3.05, 3.63) is 0 Å². The van der Waals surface area contributed by atoms with Crippen molar-refractivity contribution in [2.75, 3.05) is 29.5 Å². The summed E-state index contributed by atoms with van der Waals surface area (Å²) in [4.78, 5) is 2.36. The molecule has 0 spiro atoms. The Labute approximate surface area is 112 Å². The average Bonchev–Trinajstić information content (AvgIpc) is 2.94. The lowest BCUT2D eigenvalue weighted by atomic mass is 10.1. The van der Waals surface area contributed by atoms with Crippen LogP contribution in [0.3, 0.4) is 0 Å². The molecule has 2 N–H and O–H groups in total. The van der Waals surface area contributed by atoms with Gasteiger partial charge in [-0.25, -0.2) is 8.42 Å². The molecule has 0 aromatic carbocycles. The van der Waals surface area contributed by atoms with E-state index in [2.05, 4.69) is 16.2 Å². The third-order valence-corrected chi connectivity index (χ3v) is 6.34. The molecule has 1 aliphatic rings. The van der Waals surface area contributed by atoms with E-state index in [-0.39, 0.29) is 16.5 Å². The minimum atomic E-state index is -3.30. The molecule has 2 rings (SSSR count). The predicted octanol–water partition coefficient (Wildman–Crippen LogP) is 1.76. The van der Waals surface area contributed by atoms with Gasteiger partial charge in [-0.2, -0.15) is 4.37 Å². The fraction of sp³-hybridized carbons (Fsp3) is 0.727. The molecule has 2 heterocycles. The summed E-state index contributed by atoms with van der Waals surface area (Å²) in [7, 11) is -3.30. The van der Waals surface area contributed by atoms with Gasteiger partial charge in [0.2, 0.25) is 0 Å². The number of hydrogen-bond donors (Lipinski definition) is 1. The standard InChI is InChI=1S/C11H19N3O2S2/c1-3-8-5-6-14(7-8)11-9(10(12)13-17-11)18(15,16)4-2/h8H,3-7H2,1-2H3,(H2,12,13). The van der Waals surface area contributed by atoms with Crippen LogP contribution >= 0.6 is 11.5 Å². The third kappa shape index (κ3) is 2.33. The van der Waals surface area contributed by atoms with E-state index in [1.54, 1.807) is 6.92 Å². The molecule has 1 aromatic rings. The van der Waals surface area contributed by atoms with Crippen molar-refractivity contribution in [2.45, 2.75) is 31.6 Å². The fourth-order valence-corrected chi connectivity index (χ4v) is 4.62. The second kappa shape index (κ2) is 5.05. The van der Waals surface area contributed by atoms with E-state index in [0.29, 0.717) is 5.92 Å². The van der Waals surface area contributed by atoms with Crippen LogP contribution in [-0.2, 0) is 9.84 Å². The maximum absolute atomic E-state index is 12.1. The van der Waals surface area contributed by atoms with Gasteiger partial charge in [0.05, 0.1) is 5.75 Å². The largest absolute Gasteiger partial charge is 0.382 e. The summed E-state index contributed by atoms with van der Waals surface area (Å²) >= 11 is 1.20. The van der Waals surface area contributed by atoms with Crippen LogP contribution in [-0.4, -0.2) is 31.6 Å². The number of sulfone groups is 1. The van der Waals surface area contributed by atoms with Crippen LogP contribution in [0.4, 0.5) is 10.8 Å². The molecule has 1 atom stereocenters. The van der Waals surface area contributed by atoms with Gasteiger partial charge in [0, 0.05) is 13.1 Å². The Morgan fingerprint density at radius 2 is 2.22 bits per heavy atom. The quantitative estimate of drug-likeness (QED) is 0.914. The number of anilines is 2. The molecule has 1 saturated heterocycles. The Bertz CT molecular complexity index is 524. The molecule has 1 aliphatic heterocycles. The van der Waals surface area contributed by atoms with E-state index < -0.39 is 9.84 Å². The number of aromatic nitrogens is 1. The summed E-state index contributed by atoms with van der Waals surface area (Å²) < 4.78 is 28.2. The number of nitrogens with two attached hydrogens (primary N) is 1. The van der Waals surface area contributed by atoms with Crippen molar-refractivity contribution >= 4 is 32.2 Å². The van der Waals surface area contributed by atoms with Gasteiger partial charge in [0.25, 0.3) is 0 Å². The molecule has 0 bridgehead atoms. The molecule has 18 heavy (non-hydrogen) atoms. The first-order valence-electron chi connectivity index (χ1n) is 6.22. The zero-order valence-electron chi connectivity index (χ0n) is 10.7. The Morgan fingerprint density at radius 1 is 1.50 bits per heavy atom. The van der Waals surface area contributed by atoms with Gasteiger partial charge in [-0.15, -0.1) is 0 Å². The number of hydrogen-bond acceptors (Lipinski definition) is 6. The van der Waals surface area contributed by atoms with Crippen LogP contribution in [0, 0.1) is 5.92 Å². The second-order valence-corrected chi connectivity index (χ2v) is 7.58. The van der Waals surface area contributed by atoms with E-state index >= 15 is 0 Å². The molecule has 0 saturated carbocycles. The Kier molecular flexibility index (Phi) is 3.82. The maximum atomic E-state index is 12.1. The highest BCUT2D eigenvalue weighted by Crippen LogP contribution is 2.38. The first kappa shape index (κ1) is 13.6. The Hall–Kier alpha value is -0.820. The first-order chi connectivity index (χ1) is 8.49. The lowest BCUT2D eigenvalue weighted by Crippen LogP contribution is -2.21. The molecule has 1 unspecified atom stereocenters. The van der Waals surface area contributed by atoms with Crippen LogP contribution < -0.4 is 10.6 Å². The Balaban J connectivity index is 2.36. The van der Waals surface area contributed by atoms with Crippen LogP contribution in [0.25, 0.3) is 0 Å². The van der Waals surface area contributed by atoms with Gasteiger partial charge in [0.1, 0.15) is 9.90 Å². The van der Waals surface area contributed by atoms with Gasteiger partial charge in [-0.3, -0.25) is 0 Å². The van der Waals surface area contributed by atoms with Crippen LogP contribution in [0.1, 0.15) is 26.7 Å². The highest BCUT2D eigenvalue weighted by molar-refractivity contribution is 7.91. The first-order valence-corrected chi connectivity index (χ1v) is 8.65. The molecule has 5 nitrogen and oxygen atoms in total. The summed E-state index contributed by atoms with van der Waals surface area (Å²) in [5.41, 5.74) is 5.73. The molecular weight excluding hydrogens is 270 g/mol. The molecular formula is C11H19N3O2S2. The van der Waals surface area contributed by atoms with Crippen LogP contribution in [0.15, 0.2) is 4.90 Å². The molecule has 7 heteroatoms. The summed E-state index contributed by atoms with van der Waals surface area (Å²) in [5, 5.41) is 0.727. The zero-order chi connectivity index (χ0) is 13.3. The van der Waals surface area contributed by atoms with Crippen molar-refractivity contribution in [1.29, 1.82) is 0 Å². The van der Waals surface area contributed by atoms with Gasteiger partial charge < -0.3 is 10.6 Å². The minimum absolute atomic E-state index is 0.0632. The predicted molar refractivity (Wildman–Crippen MR) is 74.9 cm³/mol. The normalized spacial score (nSPS) is 20.6. The smallest absolute Gasteiger partial charge is 0.184 e. The van der Waals surface area contributed by atoms with Gasteiger partial charge in [-0.05, 0) is 23.9 Å². The summed E-state index contributed by atoms with van der Waals surface area (Å²) in [6, 6.07) is 0. The Morgan fingerprint density at radius 3 is 2.78 bits per heavy atom. The molecule has 0 amide bonds. The zero-order valence-corrected chi connectivity index (χ0v) is 12.4. The fourth-order valence-electron chi connectivity index (χ4n) is 2.27. The van der Waals surface area contributed by atoms with E-state index in [9.17, 15) is 8.42 Å². The van der Waals surface area contributed by atoms with E-state index in [0.717, 1.165) is 30.9 Å². The molecule has 0 aliphatic carbocycles. The van der Waals surface area contributed by atoms with E-state index in [1.807, 2.05) is 0 Å². The van der Waals surface area contributed by atoms with Crippen LogP contribution in [0.2, 0.25) is 0 Å². The summed E-state index contributed by atoms with van der Waals surface area (Å²) in [5.74, 6) is 0.857. The summed E-state index contributed by atoms with van der Waals surface area (Å²) in [6.45, 7) is 5.60. The molecule has 0 radical (unpaired) electrons. The van der Waals surface area contributed by atoms with Gasteiger partial charge >= 0.3 is 0 Å². The van der Waals surface area contributed by atoms with Gasteiger partial charge in [0.15, 0.2) is 15.7 Å². The highest BCUT2D eigenvalue weighted by atomic mass is 32.2. The summed E-state index contributed by atoms with van der Waals surface area (Å²) in [6.07, 6.45) is 2.24. The average molecular weight is 289 g/mol. The van der Waals surface area contributed by atoms with Crippen molar-refractivity contribution < 1.29 is 8.42 Å². The second-order valence-electron chi connectivity index (χ2n) is 4.61. The lowest BCUT2D eigenvalue weighted by Gasteiger charge is -2.17. The van der Waals surface area contributed by atoms with Crippen molar-refractivity contribution in [1.82, 2.24) is 4.37 Å². The number of rotatable bonds is 4. The van der Waals surface area contributed by atoms with Crippen molar-refractivity contribution in [2.24, 2.45) is 5.92 Å². The molecule has 1 fully saturated rings. The highest BCUT2D eigenvalue weighted by Gasteiger charge is 2.30. The minimum Gasteiger partial charge on any atom is -0.382 e. The third-order valence-electron chi connectivity index (χ3n) is 3.50. The topological polar surface area (TPSA) is 76.3 Å². The lowest BCUT2D eigenvalue weighted by molar-refractivity contribution is 0.569. The monoisotopic (exact) mass is 289 g/mol. The van der Waals surface area contributed by atoms with Crippen molar-refractivity contribution in [3.63, 3.8) is 0 Å². The molecule has 102 valence electrons. The number of nitrogen functional groups attached to an aromatic ring is 1. The molecule has 1 aromatic heterocycles. The van der Waals surface area contributed by atoms with E-state index in [4.69, 9.17) is 5.73 Å². The van der Waals surface area contributed by atoms with Crippen molar-refractivity contribution in [3.8, 4) is 0 Å². The SMILES string of the molecule is CCC1CCN(c2snc(N)c2S(=O)(=O)CC)C1. The van der Waals surface area contributed by atoms with Gasteiger partial charge in [-0.1, -0.05) is 20.3 Å². The number of nitrogens with zero attached hydrogens (tertiary/aromatic N) is 2. The maximum Gasteiger partial charge on any atom is 0.184 e. The van der Waals surface area contributed by atoms with Crippen LogP contribution in [0.5, 0.6) is 0 Å². The van der Waals surface area contributed by atoms with E-state index in [1.165, 1.54) is 11.5 Å².